The smallest absolute Gasteiger partial charge is 0.312 e. The first-order valence-electron chi connectivity index (χ1n) is 6.47. The number of nitrogens with zero attached hydrogens (tertiary/aromatic N) is 4. The van der Waals surface area contributed by atoms with Crippen LogP contribution in [0.5, 0.6) is 0 Å². The van der Waals surface area contributed by atoms with Crippen molar-refractivity contribution in [3.63, 3.8) is 0 Å². The summed E-state index contributed by atoms with van der Waals surface area (Å²) >= 11 is 12.1. The van der Waals surface area contributed by atoms with Crippen LogP contribution in [-0.2, 0) is 20.6 Å². The van der Waals surface area contributed by atoms with E-state index < -0.39 is 11.2 Å². The van der Waals surface area contributed by atoms with Crippen LogP contribution in [-0.4, -0.2) is 18.7 Å². The molecule has 0 aliphatic carbocycles. The average molecular weight is 339 g/mol. The van der Waals surface area contributed by atoms with Crippen molar-refractivity contribution >= 4 is 34.4 Å². The first kappa shape index (κ1) is 14.9. The lowest BCUT2D eigenvalue weighted by atomic mass is 10.2. The van der Waals surface area contributed by atoms with Gasteiger partial charge in [-0.05, 0) is 23.2 Å². The van der Waals surface area contributed by atoms with Gasteiger partial charge < -0.3 is 4.57 Å². The third kappa shape index (κ3) is 2.15. The standard InChI is InChI=1S/C14H12Cl2N4O2/c1-18-10-11(17-13(18)16)19(2)14(22)20(12(10)21)7-8-5-3-4-6-9(8)15/h3-6H,7H2,1-2H3. The summed E-state index contributed by atoms with van der Waals surface area (Å²) in [6.07, 6.45) is 0. The highest BCUT2D eigenvalue weighted by molar-refractivity contribution is 6.31. The second-order valence-corrected chi connectivity index (χ2v) is 5.68. The van der Waals surface area contributed by atoms with Crippen LogP contribution in [0.4, 0.5) is 0 Å². The van der Waals surface area contributed by atoms with Crippen LogP contribution >= 0.6 is 23.2 Å². The van der Waals surface area contributed by atoms with Crippen LogP contribution in [0.2, 0.25) is 10.3 Å². The average Bonchev–Trinajstić information content (AvgIpc) is 2.79. The molecule has 0 unspecified atom stereocenters. The van der Waals surface area contributed by atoms with E-state index in [2.05, 4.69) is 4.98 Å². The third-order valence-electron chi connectivity index (χ3n) is 3.59. The maximum Gasteiger partial charge on any atom is 0.332 e. The lowest BCUT2D eigenvalue weighted by molar-refractivity contribution is 0.655. The van der Waals surface area contributed by atoms with E-state index in [1.54, 1.807) is 38.4 Å². The zero-order valence-electron chi connectivity index (χ0n) is 11.9. The van der Waals surface area contributed by atoms with Gasteiger partial charge in [0.2, 0.25) is 5.28 Å². The van der Waals surface area contributed by atoms with E-state index in [0.29, 0.717) is 10.6 Å². The molecule has 0 aliphatic heterocycles. The summed E-state index contributed by atoms with van der Waals surface area (Å²) in [6.45, 7) is 0.0872. The van der Waals surface area contributed by atoms with Gasteiger partial charge in [-0.3, -0.25) is 13.9 Å². The van der Waals surface area contributed by atoms with Crippen molar-refractivity contribution in [1.82, 2.24) is 18.7 Å². The molecule has 1 aromatic carbocycles. The molecule has 0 fully saturated rings. The van der Waals surface area contributed by atoms with Crippen LogP contribution in [0.25, 0.3) is 11.2 Å². The largest absolute Gasteiger partial charge is 0.332 e. The van der Waals surface area contributed by atoms with E-state index in [1.807, 2.05) is 0 Å². The molecule has 0 saturated heterocycles. The van der Waals surface area contributed by atoms with Crippen molar-refractivity contribution in [3.8, 4) is 0 Å². The summed E-state index contributed by atoms with van der Waals surface area (Å²) in [5.41, 5.74) is 0.320. The number of aryl methyl sites for hydroxylation is 2. The van der Waals surface area contributed by atoms with Crippen molar-refractivity contribution in [2.45, 2.75) is 6.54 Å². The summed E-state index contributed by atoms with van der Waals surface area (Å²) in [5.74, 6) is 0. The van der Waals surface area contributed by atoms with E-state index in [0.717, 1.165) is 4.57 Å². The minimum atomic E-state index is -0.466. The van der Waals surface area contributed by atoms with Crippen molar-refractivity contribution in [3.05, 3.63) is 61.0 Å². The zero-order valence-corrected chi connectivity index (χ0v) is 13.4. The molecular weight excluding hydrogens is 327 g/mol. The predicted molar refractivity (Wildman–Crippen MR) is 85.8 cm³/mol. The second kappa shape index (κ2) is 5.30. The lowest BCUT2D eigenvalue weighted by Crippen LogP contribution is -2.39. The molecule has 114 valence electrons. The number of imidazole rings is 1. The highest BCUT2D eigenvalue weighted by Crippen LogP contribution is 2.16. The summed E-state index contributed by atoms with van der Waals surface area (Å²) in [7, 11) is 3.18. The first-order valence-corrected chi connectivity index (χ1v) is 7.22. The van der Waals surface area contributed by atoms with Gasteiger partial charge in [-0.25, -0.2) is 4.79 Å². The van der Waals surface area contributed by atoms with E-state index in [4.69, 9.17) is 23.2 Å². The van der Waals surface area contributed by atoms with Crippen molar-refractivity contribution in [2.75, 3.05) is 0 Å². The van der Waals surface area contributed by atoms with Crippen LogP contribution in [0.1, 0.15) is 5.56 Å². The van der Waals surface area contributed by atoms with Gasteiger partial charge in [0.1, 0.15) is 0 Å². The van der Waals surface area contributed by atoms with E-state index in [1.165, 1.54) is 9.13 Å². The molecule has 0 N–H and O–H groups in total. The minimum Gasteiger partial charge on any atom is -0.312 e. The predicted octanol–water partition coefficient (Wildman–Crippen LogP) is 1.79. The molecule has 0 bridgehead atoms. The third-order valence-corrected chi connectivity index (χ3v) is 4.30. The Kier molecular flexibility index (Phi) is 3.58. The van der Waals surface area contributed by atoms with Gasteiger partial charge in [0.25, 0.3) is 5.56 Å². The molecule has 2 aromatic heterocycles. The summed E-state index contributed by atoms with van der Waals surface area (Å²) in [5, 5.41) is 0.650. The number of hydrogen-bond donors (Lipinski definition) is 0. The quantitative estimate of drug-likeness (QED) is 0.669. The molecule has 6 nitrogen and oxygen atoms in total. The Morgan fingerprint density at radius 1 is 1.09 bits per heavy atom. The molecule has 2 heterocycles. The monoisotopic (exact) mass is 338 g/mol. The Bertz CT molecular complexity index is 1000. The molecule has 3 rings (SSSR count). The molecule has 22 heavy (non-hydrogen) atoms. The second-order valence-electron chi connectivity index (χ2n) is 4.94. The van der Waals surface area contributed by atoms with Gasteiger partial charge in [0.05, 0.1) is 6.54 Å². The Morgan fingerprint density at radius 2 is 1.77 bits per heavy atom. The van der Waals surface area contributed by atoms with Gasteiger partial charge in [-0.15, -0.1) is 0 Å². The molecule has 0 aliphatic rings. The lowest BCUT2D eigenvalue weighted by Gasteiger charge is -2.09. The first-order chi connectivity index (χ1) is 10.4. The number of aromatic nitrogens is 4. The fourth-order valence-electron chi connectivity index (χ4n) is 2.35. The van der Waals surface area contributed by atoms with Crippen LogP contribution in [0.15, 0.2) is 33.9 Å². The fourth-order valence-corrected chi connectivity index (χ4v) is 2.71. The van der Waals surface area contributed by atoms with E-state index in [9.17, 15) is 9.59 Å². The Balaban J connectivity index is 2.31. The van der Waals surface area contributed by atoms with Gasteiger partial charge in [0, 0.05) is 19.1 Å². The van der Waals surface area contributed by atoms with Crippen molar-refractivity contribution in [1.29, 1.82) is 0 Å². The van der Waals surface area contributed by atoms with Crippen LogP contribution in [0.3, 0.4) is 0 Å². The van der Waals surface area contributed by atoms with Crippen molar-refractivity contribution in [2.24, 2.45) is 14.1 Å². The molecule has 0 radical (unpaired) electrons. The molecule has 8 heteroatoms. The summed E-state index contributed by atoms with van der Waals surface area (Å²) in [4.78, 5) is 29.1. The number of hydrogen-bond acceptors (Lipinski definition) is 3. The van der Waals surface area contributed by atoms with Gasteiger partial charge in [-0.2, -0.15) is 4.98 Å². The highest BCUT2D eigenvalue weighted by Gasteiger charge is 2.18. The van der Waals surface area contributed by atoms with Gasteiger partial charge in [-0.1, -0.05) is 29.8 Å². The van der Waals surface area contributed by atoms with Gasteiger partial charge >= 0.3 is 5.69 Å². The number of benzene rings is 1. The minimum absolute atomic E-state index is 0.0872. The van der Waals surface area contributed by atoms with Crippen LogP contribution in [0, 0.1) is 0 Å². The van der Waals surface area contributed by atoms with Gasteiger partial charge in [0.15, 0.2) is 11.2 Å². The summed E-state index contributed by atoms with van der Waals surface area (Å²) < 4.78 is 3.89. The Hall–Kier alpha value is -2.05. The zero-order chi connectivity index (χ0) is 16.0. The van der Waals surface area contributed by atoms with E-state index >= 15 is 0 Å². The molecule has 3 aromatic rings. The number of halogens is 2. The SMILES string of the molecule is Cn1c(Cl)nc2c1c(=O)n(Cc1ccccc1Cl)c(=O)n2C. The molecule has 0 atom stereocenters. The molecule has 0 spiro atoms. The topological polar surface area (TPSA) is 61.8 Å². The number of rotatable bonds is 2. The van der Waals surface area contributed by atoms with Crippen LogP contribution < -0.4 is 11.2 Å². The molecule has 0 amide bonds. The fraction of sp³-hybridized carbons (Fsp3) is 0.214. The normalized spacial score (nSPS) is 11.3. The number of fused-ring (bicyclic) bond motifs is 1. The maximum atomic E-state index is 12.6. The van der Waals surface area contributed by atoms with E-state index in [-0.39, 0.29) is 23.0 Å². The highest BCUT2D eigenvalue weighted by atomic mass is 35.5. The van der Waals surface area contributed by atoms with Crippen molar-refractivity contribution < 1.29 is 0 Å². The molecule has 0 saturated carbocycles. The molecular formula is C14H12Cl2N4O2. The maximum absolute atomic E-state index is 12.6. The summed E-state index contributed by atoms with van der Waals surface area (Å²) in [6, 6.07) is 7.08. The Labute approximate surface area is 135 Å². The Morgan fingerprint density at radius 3 is 2.45 bits per heavy atom.